The Hall–Kier alpha value is -0.910. The highest BCUT2D eigenvalue weighted by molar-refractivity contribution is 7.09. The standard InChI is InChI=1S/C12H17ClN4S/c1-2-3-4-10-16-9(12(13)17-10)7-14-8-11-15-5-6-18-11/h5-6,14H,2-4,7-8H2,1H3,(H,16,17). The molecule has 98 valence electrons. The van der Waals surface area contributed by atoms with Crippen molar-refractivity contribution in [3.63, 3.8) is 0 Å². The normalized spacial score (nSPS) is 11.0. The van der Waals surface area contributed by atoms with Crippen LogP contribution in [-0.4, -0.2) is 15.0 Å². The molecule has 2 N–H and O–H groups in total. The van der Waals surface area contributed by atoms with Gasteiger partial charge in [0.05, 0.1) is 5.69 Å². The minimum atomic E-state index is 0.577. The second kappa shape index (κ2) is 6.87. The summed E-state index contributed by atoms with van der Waals surface area (Å²) < 4.78 is 0. The Bertz CT molecular complexity index is 466. The molecular formula is C12H17ClN4S. The molecule has 0 radical (unpaired) electrons. The molecule has 0 unspecified atom stereocenters. The molecule has 2 heterocycles. The molecule has 18 heavy (non-hydrogen) atoms. The Balaban J connectivity index is 1.83. The van der Waals surface area contributed by atoms with Crippen LogP contribution in [0.25, 0.3) is 0 Å². The molecule has 6 heteroatoms. The zero-order valence-electron chi connectivity index (χ0n) is 10.4. The zero-order valence-corrected chi connectivity index (χ0v) is 11.9. The molecular weight excluding hydrogens is 268 g/mol. The van der Waals surface area contributed by atoms with Crippen LogP contribution >= 0.6 is 22.9 Å². The molecule has 0 aromatic carbocycles. The maximum absolute atomic E-state index is 6.09. The van der Waals surface area contributed by atoms with E-state index in [4.69, 9.17) is 11.6 Å². The number of nitrogens with one attached hydrogen (secondary N) is 2. The van der Waals surface area contributed by atoms with Crippen LogP contribution in [0.1, 0.15) is 36.3 Å². The molecule has 4 nitrogen and oxygen atoms in total. The molecule has 0 saturated carbocycles. The van der Waals surface area contributed by atoms with Gasteiger partial charge < -0.3 is 10.3 Å². The van der Waals surface area contributed by atoms with Crippen LogP contribution in [0.2, 0.25) is 5.15 Å². The summed E-state index contributed by atoms with van der Waals surface area (Å²) in [6.45, 7) is 3.62. The highest BCUT2D eigenvalue weighted by Gasteiger charge is 2.07. The van der Waals surface area contributed by atoms with Crippen molar-refractivity contribution in [3.05, 3.63) is 33.3 Å². The van der Waals surface area contributed by atoms with Crippen LogP contribution in [-0.2, 0) is 19.5 Å². The van der Waals surface area contributed by atoms with Gasteiger partial charge in [-0.1, -0.05) is 24.9 Å². The summed E-state index contributed by atoms with van der Waals surface area (Å²) in [5.74, 6) is 0.980. The molecule has 0 aliphatic rings. The fourth-order valence-electron chi connectivity index (χ4n) is 1.65. The van der Waals surface area contributed by atoms with E-state index in [0.717, 1.165) is 42.3 Å². The third kappa shape index (κ3) is 3.80. The predicted octanol–water partition coefficient (Wildman–Crippen LogP) is 3.15. The molecule has 0 aliphatic carbocycles. The number of aromatic nitrogens is 3. The minimum absolute atomic E-state index is 0.577. The van der Waals surface area contributed by atoms with Crippen molar-refractivity contribution in [3.8, 4) is 0 Å². The lowest BCUT2D eigenvalue weighted by Crippen LogP contribution is -2.13. The Morgan fingerprint density at radius 1 is 1.44 bits per heavy atom. The van der Waals surface area contributed by atoms with Gasteiger partial charge in [-0.3, -0.25) is 0 Å². The van der Waals surface area contributed by atoms with E-state index >= 15 is 0 Å². The average molecular weight is 285 g/mol. The lowest BCUT2D eigenvalue weighted by atomic mass is 10.2. The van der Waals surface area contributed by atoms with Crippen LogP contribution in [0.3, 0.4) is 0 Å². The van der Waals surface area contributed by atoms with Crippen LogP contribution in [0.4, 0.5) is 0 Å². The first kappa shape index (κ1) is 13.5. The molecule has 2 rings (SSSR count). The van der Waals surface area contributed by atoms with Gasteiger partial charge in [-0.05, 0) is 6.42 Å². The first-order valence-electron chi connectivity index (χ1n) is 6.12. The van der Waals surface area contributed by atoms with E-state index in [-0.39, 0.29) is 0 Å². The lowest BCUT2D eigenvalue weighted by molar-refractivity contribution is 0.676. The maximum Gasteiger partial charge on any atom is 0.151 e. The van der Waals surface area contributed by atoms with Crippen LogP contribution in [0, 0.1) is 0 Å². The van der Waals surface area contributed by atoms with Crippen LogP contribution in [0.15, 0.2) is 11.6 Å². The van der Waals surface area contributed by atoms with Crippen molar-refractivity contribution in [2.24, 2.45) is 0 Å². The van der Waals surface area contributed by atoms with Crippen LogP contribution < -0.4 is 5.32 Å². The van der Waals surface area contributed by atoms with E-state index < -0.39 is 0 Å². The molecule has 0 bridgehead atoms. The number of imidazole rings is 1. The summed E-state index contributed by atoms with van der Waals surface area (Å²) in [5, 5.41) is 6.94. The van der Waals surface area contributed by atoms with E-state index in [2.05, 4.69) is 27.2 Å². The van der Waals surface area contributed by atoms with Gasteiger partial charge in [0.15, 0.2) is 5.15 Å². The number of rotatable bonds is 7. The number of thiazole rings is 1. The van der Waals surface area contributed by atoms with Crippen molar-refractivity contribution in [1.29, 1.82) is 0 Å². The molecule has 2 aromatic rings. The molecule has 0 fully saturated rings. The predicted molar refractivity (Wildman–Crippen MR) is 74.9 cm³/mol. The smallest absolute Gasteiger partial charge is 0.151 e. The fraction of sp³-hybridized carbons (Fsp3) is 0.500. The second-order valence-corrected chi connectivity index (χ2v) is 5.42. The Kier molecular flexibility index (Phi) is 5.16. The summed E-state index contributed by atoms with van der Waals surface area (Å²) in [5.41, 5.74) is 0.958. The van der Waals surface area contributed by atoms with Crippen molar-refractivity contribution in [1.82, 2.24) is 20.3 Å². The maximum atomic E-state index is 6.09. The van der Waals surface area contributed by atoms with E-state index in [1.54, 1.807) is 11.3 Å². The van der Waals surface area contributed by atoms with Gasteiger partial charge in [0.2, 0.25) is 0 Å². The number of H-pyrrole nitrogens is 1. The Morgan fingerprint density at radius 3 is 3.06 bits per heavy atom. The van der Waals surface area contributed by atoms with Crippen molar-refractivity contribution < 1.29 is 0 Å². The molecule has 0 atom stereocenters. The SMILES string of the molecule is CCCCc1nc(Cl)c(CNCc2nccs2)[nH]1. The van der Waals surface area contributed by atoms with Gasteiger partial charge in [-0.25, -0.2) is 9.97 Å². The first-order chi connectivity index (χ1) is 8.79. The summed E-state index contributed by atoms with van der Waals surface area (Å²) in [6, 6.07) is 0. The molecule has 0 spiro atoms. The quantitative estimate of drug-likeness (QED) is 0.821. The van der Waals surface area contributed by atoms with Gasteiger partial charge in [-0.15, -0.1) is 11.3 Å². The Morgan fingerprint density at radius 2 is 2.33 bits per heavy atom. The first-order valence-corrected chi connectivity index (χ1v) is 7.37. The number of hydrogen-bond acceptors (Lipinski definition) is 4. The third-order valence-electron chi connectivity index (χ3n) is 2.61. The van der Waals surface area contributed by atoms with Crippen molar-refractivity contribution in [2.45, 2.75) is 39.3 Å². The topological polar surface area (TPSA) is 53.6 Å². The van der Waals surface area contributed by atoms with E-state index in [0.29, 0.717) is 11.7 Å². The molecule has 2 aromatic heterocycles. The van der Waals surface area contributed by atoms with Gasteiger partial charge >= 0.3 is 0 Å². The fourth-order valence-corrected chi connectivity index (χ4v) is 2.46. The summed E-state index contributed by atoms with van der Waals surface area (Å²) in [4.78, 5) is 11.8. The van der Waals surface area contributed by atoms with Gasteiger partial charge in [0.25, 0.3) is 0 Å². The number of nitrogens with zero attached hydrogens (tertiary/aromatic N) is 2. The summed E-state index contributed by atoms with van der Waals surface area (Å²) >= 11 is 7.74. The van der Waals surface area contributed by atoms with Gasteiger partial charge in [0, 0.05) is 31.1 Å². The largest absolute Gasteiger partial charge is 0.344 e. The second-order valence-electron chi connectivity index (χ2n) is 4.09. The average Bonchev–Trinajstić information content (AvgIpc) is 2.98. The highest BCUT2D eigenvalue weighted by Crippen LogP contribution is 2.14. The molecule has 0 saturated heterocycles. The lowest BCUT2D eigenvalue weighted by Gasteiger charge is -2.00. The van der Waals surface area contributed by atoms with Crippen molar-refractivity contribution >= 4 is 22.9 Å². The minimum Gasteiger partial charge on any atom is -0.344 e. The number of hydrogen-bond donors (Lipinski definition) is 2. The van der Waals surface area contributed by atoms with Gasteiger partial charge in [0.1, 0.15) is 10.8 Å². The zero-order chi connectivity index (χ0) is 12.8. The van der Waals surface area contributed by atoms with E-state index in [1.165, 1.54) is 0 Å². The van der Waals surface area contributed by atoms with Crippen LogP contribution in [0.5, 0.6) is 0 Å². The number of aromatic amines is 1. The van der Waals surface area contributed by atoms with Gasteiger partial charge in [-0.2, -0.15) is 0 Å². The summed E-state index contributed by atoms with van der Waals surface area (Å²) in [6.07, 6.45) is 5.07. The number of aryl methyl sites for hydroxylation is 1. The monoisotopic (exact) mass is 284 g/mol. The highest BCUT2D eigenvalue weighted by atomic mass is 35.5. The Labute approximate surface area is 116 Å². The van der Waals surface area contributed by atoms with E-state index in [1.807, 2.05) is 11.6 Å². The van der Waals surface area contributed by atoms with Crippen molar-refractivity contribution in [2.75, 3.05) is 0 Å². The van der Waals surface area contributed by atoms with E-state index in [9.17, 15) is 0 Å². The third-order valence-corrected chi connectivity index (χ3v) is 3.70. The molecule has 0 amide bonds. The number of unbranched alkanes of at least 4 members (excludes halogenated alkanes) is 1. The molecule has 0 aliphatic heterocycles. The number of halogens is 1. The summed E-state index contributed by atoms with van der Waals surface area (Å²) in [7, 11) is 0.